The van der Waals surface area contributed by atoms with Gasteiger partial charge in [0.05, 0.1) is 0 Å². The van der Waals surface area contributed by atoms with Gasteiger partial charge < -0.3 is 21.1 Å². The predicted octanol–water partition coefficient (Wildman–Crippen LogP) is -1.10. The van der Waals surface area contributed by atoms with E-state index in [1.165, 1.54) is 4.90 Å². The summed E-state index contributed by atoms with van der Waals surface area (Å²) in [7, 11) is 0. The van der Waals surface area contributed by atoms with E-state index in [0.717, 1.165) is 0 Å². The van der Waals surface area contributed by atoms with E-state index in [0.29, 0.717) is 26.2 Å². The molecule has 1 saturated heterocycles. The summed E-state index contributed by atoms with van der Waals surface area (Å²) in [4.78, 5) is 11.9. The van der Waals surface area contributed by atoms with Gasteiger partial charge in [-0.25, -0.2) is 4.79 Å². The molecule has 1 heterocycles. The van der Waals surface area contributed by atoms with Crippen LogP contribution in [0.2, 0.25) is 0 Å². The molecule has 0 aromatic rings. The zero-order valence-electron chi connectivity index (χ0n) is 6.29. The average molecular weight is 159 g/mol. The number of nitrogens with two attached hydrogens (primary N) is 1. The van der Waals surface area contributed by atoms with E-state index < -0.39 is 6.09 Å². The SMILES string of the molecule is NCC1CN(C(=O)O)CCN1. The van der Waals surface area contributed by atoms with E-state index in [1.54, 1.807) is 0 Å². The third kappa shape index (κ3) is 2.06. The molecular formula is C6H13N3O2. The Labute approximate surface area is 65.2 Å². The number of nitrogens with zero attached hydrogens (tertiary/aromatic N) is 1. The van der Waals surface area contributed by atoms with E-state index in [-0.39, 0.29) is 6.04 Å². The highest BCUT2D eigenvalue weighted by Gasteiger charge is 2.20. The van der Waals surface area contributed by atoms with Gasteiger partial charge in [0.15, 0.2) is 0 Å². The van der Waals surface area contributed by atoms with Crippen LogP contribution in [0.5, 0.6) is 0 Å². The summed E-state index contributed by atoms with van der Waals surface area (Å²) in [5.74, 6) is 0. The average Bonchev–Trinajstić information content (AvgIpc) is 2.05. The van der Waals surface area contributed by atoms with Gasteiger partial charge in [0, 0.05) is 32.2 Å². The van der Waals surface area contributed by atoms with Crippen LogP contribution < -0.4 is 11.1 Å². The number of rotatable bonds is 1. The van der Waals surface area contributed by atoms with E-state index in [2.05, 4.69) is 5.32 Å². The predicted molar refractivity (Wildman–Crippen MR) is 40.4 cm³/mol. The van der Waals surface area contributed by atoms with Gasteiger partial charge in [-0.1, -0.05) is 0 Å². The van der Waals surface area contributed by atoms with Crippen molar-refractivity contribution in [1.82, 2.24) is 10.2 Å². The van der Waals surface area contributed by atoms with E-state index in [9.17, 15) is 4.79 Å². The molecule has 0 aliphatic carbocycles. The van der Waals surface area contributed by atoms with Gasteiger partial charge in [0.25, 0.3) is 0 Å². The molecule has 0 aromatic carbocycles. The molecule has 1 unspecified atom stereocenters. The fourth-order valence-corrected chi connectivity index (χ4v) is 1.16. The lowest BCUT2D eigenvalue weighted by atomic mass is 10.2. The van der Waals surface area contributed by atoms with Crippen LogP contribution in [0.1, 0.15) is 0 Å². The van der Waals surface area contributed by atoms with Crippen LogP contribution in [-0.2, 0) is 0 Å². The van der Waals surface area contributed by atoms with Gasteiger partial charge in [0.2, 0.25) is 0 Å². The van der Waals surface area contributed by atoms with Crippen molar-refractivity contribution >= 4 is 6.09 Å². The van der Waals surface area contributed by atoms with E-state index in [4.69, 9.17) is 10.8 Å². The van der Waals surface area contributed by atoms with Crippen molar-refractivity contribution in [3.63, 3.8) is 0 Å². The molecule has 64 valence electrons. The molecule has 5 heteroatoms. The zero-order valence-corrected chi connectivity index (χ0v) is 6.29. The number of carboxylic acid groups (broad SMARTS) is 1. The number of piperazine rings is 1. The van der Waals surface area contributed by atoms with E-state index >= 15 is 0 Å². The van der Waals surface area contributed by atoms with Crippen molar-refractivity contribution in [1.29, 1.82) is 0 Å². The Hall–Kier alpha value is -0.810. The highest BCUT2D eigenvalue weighted by Crippen LogP contribution is 1.97. The van der Waals surface area contributed by atoms with Crippen molar-refractivity contribution in [2.24, 2.45) is 5.73 Å². The first-order chi connectivity index (χ1) is 5.24. The number of hydrogen-bond acceptors (Lipinski definition) is 3. The summed E-state index contributed by atoms with van der Waals surface area (Å²) >= 11 is 0. The minimum atomic E-state index is -0.857. The molecule has 0 bridgehead atoms. The van der Waals surface area contributed by atoms with Gasteiger partial charge in [-0.3, -0.25) is 0 Å². The molecule has 11 heavy (non-hydrogen) atoms. The number of hydrogen-bond donors (Lipinski definition) is 3. The summed E-state index contributed by atoms with van der Waals surface area (Å²) in [5, 5.41) is 11.7. The minimum Gasteiger partial charge on any atom is -0.465 e. The molecule has 1 fully saturated rings. The first-order valence-corrected chi connectivity index (χ1v) is 3.65. The third-order valence-electron chi connectivity index (χ3n) is 1.81. The van der Waals surface area contributed by atoms with Crippen molar-refractivity contribution in [3.8, 4) is 0 Å². The smallest absolute Gasteiger partial charge is 0.407 e. The second-order valence-electron chi connectivity index (χ2n) is 2.62. The maximum atomic E-state index is 10.5. The lowest BCUT2D eigenvalue weighted by Gasteiger charge is -2.30. The maximum absolute atomic E-state index is 10.5. The summed E-state index contributed by atoms with van der Waals surface area (Å²) in [5.41, 5.74) is 5.38. The van der Waals surface area contributed by atoms with Gasteiger partial charge in [-0.2, -0.15) is 0 Å². The zero-order chi connectivity index (χ0) is 8.27. The quantitative estimate of drug-likeness (QED) is 0.453. The van der Waals surface area contributed by atoms with Crippen molar-refractivity contribution in [2.45, 2.75) is 6.04 Å². The number of nitrogens with one attached hydrogen (secondary N) is 1. The van der Waals surface area contributed by atoms with Gasteiger partial charge in [0.1, 0.15) is 0 Å². The molecule has 0 spiro atoms. The summed E-state index contributed by atoms with van der Waals surface area (Å²) in [6.45, 7) is 2.26. The topological polar surface area (TPSA) is 78.6 Å². The Morgan fingerprint density at radius 2 is 2.55 bits per heavy atom. The van der Waals surface area contributed by atoms with E-state index in [1.807, 2.05) is 0 Å². The van der Waals surface area contributed by atoms with Crippen molar-refractivity contribution in [3.05, 3.63) is 0 Å². The van der Waals surface area contributed by atoms with Crippen LogP contribution in [0, 0.1) is 0 Å². The molecule has 1 amide bonds. The molecular weight excluding hydrogens is 146 g/mol. The Morgan fingerprint density at radius 3 is 3.09 bits per heavy atom. The van der Waals surface area contributed by atoms with Gasteiger partial charge in [-0.15, -0.1) is 0 Å². The van der Waals surface area contributed by atoms with Crippen LogP contribution >= 0.6 is 0 Å². The first-order valence-electron chi connectivity index (χ1n) is 3.65. The lowest BCUT2D eigenvalue weighted by molar-refractivity contribution is 0.129. The standard InChI is InChI=1S/C6H13N3O2/c7-3-5-4-9(6(10)11)2-1-8-5/h5,8H,1-4,7H2,(H,10,11). The van der Waals surface area contributed by atoms with Crippen LogP contribution in [0.4, 0.5) is 4.79 Å². The highest BCUT2D eigenvalue weighted by molar-refractivity contribution is 5.65. The second kappa shape index (κ2) is 3.54. The Morgan fingerprint density at radius 1 is 1.82 bits per heavy atom. The Balaban J connectivity index is 2.39. The molecule has 0 radical (unpaired) electrons. The fraction of sp³-hybridized carbons (Fsp3) is 0.833. The lowest BCUT2D eigenvalue weighted by Crippen LogP contribution is -2.54. The molecule has 1 aliphatic heterocycles. The monoisotopic (exact) mass is 159 g/mol. The minimum absolute atomic E-state index is 0.125. The molecule has 0 aromatic heterocycles. The Kier molecular flexibility index (Phi) is 2.67. The highest BCUT2D eigenvalue weighted by atomic mass is 16.4. The first kappa shape index (κ1) is 8.29. The summed E-state index contributed by atoms with van der Waals surface area (Å²) < 4.78 is 0. The molecule has 0 saturated carbocycles. The molecule has 1 atom stereocenters. The molecule has 1 aliphatic rings. The van der Waals surface area contributed by atoms with Crippen molar-refractivity contribution in [2.75, 3.05) is 26.2 Å². The van der Waals surface area contributed by atoms with Crippen LogP contribution in [0.25, 0.3) is 0 Å². The maximum Gasteiger partial charge on any atom is 0.407 e. The fourth-order valence-electron chi connectivity index (χ4n) is 1.16. The third-order valence-corrected chi connectivity index (χ3v) is 1.81. The summed E-state index contributed by atoms with van der Waals surface area (Å²) in [6.07, 6.45) is -0.857. The number of carbonyl (C=O) groups is 1. The van der Waals surface area contributed by atoms with Gasteiger partial charge >= 0.3 is 6.09 Å². The van der Waals surface area contributed by atoms with Crippen LogP contribution in [-0.4, -0.2) is 48.3 Å². The molecule has 1 rings (SSSR count). The second-order valence-corrected chi connectivity index (χ2v) is 2.62. The molecule has 5 nitrogen and oxygen atoms in total. The van der Waals surface area contributed by atoms with Crippen LogP contribution in [0.3, 0.4) is 0 Å². The summed E-state index contributed by atoms with van der Waals surface area (Å²) in [6, 6.07) is 0.125. The van der Waals surface area contributed by atoms with Gasteiger partial charge in [-0.05, 0) is 0 Å². The van der Waals surface area contributed by atoms with Crippen LogP contribution in [0.15, 0.2) is 0 Å². The normalized spacial score (nSPS) is 25.2. The largest absolute Gasteiger partial charge is 0.465 e. The molecule has 4 N–H and O–H groups in total. The Bertz CT molecular complexity index is 151. The van der Waals surface area contributed by atoms with Crippen molar-refractivity contribution < 1.29 is 9.90 Å². The number of amides is 1.